The summed E-state index contributed by atoms with van der Waals surface area (Å²) < 4.78 is 4.68. The molecule has 0 saturated heterocycles. The van der Waals surface area contributed by atoms with E-state index in [1.165, 1.54) is 0 Å². The van der Waals surface area contributed by atoms with Gasteiger partial charge in [0.1, 0.15) is 0 Å². The van der Waals surface area contributed by atoms with Crippen molar-refractivity contribution in [2.75, 3.05) is 13.2 Å². The number of nitrogens with two attached hydrogens (primary N) is 1. The Bertz CT molecular complexity index is 97.7. The minimum absolute atomic E-state index is 0. The van der Waals surface area contributed by atoms with Crippen molar-refractivity contribution >= 4 is 18.4 Å². The third-order valence-corrected chi connectivity index (χ3v) is 1.04. The van der Waals surface area contributed by atoms with Crippen LogP contribution in [0.15, 0.2) is 0 Å². The van der Waals surface area contributed by atoms with Crippen LogP contribution in [0.1, 0.15) is 13.8 Å². The second kappa shape index (κ2) is 6.83. The van der Waals surface area contributed by atoms with E-state index < -0.39 is 0 Å². The molecular formula is C6H14ClNO2. The number of rotatable bonds is 3. The van der Waals surface area contributed by atoms with Crippen LogP contribution in [0.25, 0.3) is 0 Å². The molecule has 0 fully saturated rings. The van der Waals surface area contributed by atoms with Crippen LogP contribution >= 0.6 is 12.4 Å². The maximum Gasteiger partial charge on any atom is 0.309 e. The highest BCUT2D eigenvalue weighted by Gasteiger charge is 2.09. The molecule has 0 aromatic heterocycles. The van der Waals surface area contributed by atoms with E-state index in [9.17, 15) is 4.79 Å². The van der Waals surface area contributed by atoms with Gasteiger partial charge in [-0.1, -0.05) is 6.92 Å². The zero-order valence-electron chi connectivity index (χ0n) is 6.29. The number of esters is 1. The summed E-state index contributed by atoms with van der Waals surface area (Å²) in [6, 6.07) is 0. The van der Waals surface area contributed by atoms with E-state index in [-0.39, 0.29) is 24.3 Å². The van der Waals surface area contributed by atoms with E-state index in [1.54, 1.807) is 13.8 Å². The van der Waals surface area contributed by atoms with Crippen molar-refractivity contribution in [1.29, 1.82) is 0 Å². The normalized spacial score (nSPS) is 11.5. The lowest BCUT2D eigenvalue weighted by Crippen LogP contribution is -2.22. The average Bonchev–Trinajstić information content (AvgIpc) is 1.87. The van der Waals surface area contributed by atoms with E-state index in [1.807, 2.05) is 0 Å². The van der Waals surface area contributed by atoms with Gasteiger partial charge in [-0.25, -0.2) is 0 Å². The minimum atomic E-state index is -0.208. The molecule has 3 nitrogen and oxygen atoms in total. The summed E-state index contributed by atoms with van der Waals surface area (Å²) in [6.45, 7) is 4.32. The molecule has 2 N–H and O–H groups in total. The van der Waals surface area contributed by atoms with Gasteiger partial charge in [-0.2, -0.15) is 0 Å². The van der Waals surface area contributed by atoms with Gasteiger partial charge in [0.25, 0.3) is 0 Å². The average molecular weight is 168 g/mol. The third-order valence-electron chi connectivity index (χ3n) is 1.04. The van der Waals surface area contributed by atoms with Crippen molar-refractivity contribution in [2.24, 2.45) is 11.7 Å². The molecule has 4 heteroatoms. The third kappa shape index (κ3) is 4.58. The molecule has 0 aliphatic rings. The monoisotopic (exact) mass is 167 g/mol. The van der Waals surface area contributed by atoms with Gasteiger partial charge >= 0.3 is 5.97 Å². The topological polar surface area (TPSA) is 52.3 Å². The highest BCUT2D eigenvalue weighted by Crippen LogP contribution is 1.93. The maximum atomic E-state index is 10.7. The van der Waals surface area contributed by atoms with Crippen LogP contribution in [0.5, 0.6) is 0 Å². The fourth-order valence-electron chi connectivity index (χ4n) is 0.381. The highest BCUT2D eigenvalue weighted by molar-refractivity contribution is 5.85. The summed E-state index contributed by atoms with van der Waals surface area (Å²) in [5.74, 6) is -0.370. The largest absolute Gasteiger partial charge is 0.466 e. The van der Waals surface area contributed by atoms with Gasteiger partial charge in [-0.05, 0) is 6.92 Å². The van der Waals surface area contributed by atoms with Crippen LogP contribution in [-0.4, -0.2) is 19.1 Å². The van der Waals surface area contributed by atoms with Crippen LogP contribution in [0.4, 0.5) is 0 Å². The van der Waals surface area contributed by atoms with Gasteiger partial charge in [0.2, 0.25) is 0 Å². The number of halogens is 1. The summed E-state index contributed by atoms with van der Waals surface area (Å²) >= 11 is 0. The lowest BCUT2D eigenvalue weighted by molar-refractivity contribution is -0.146. The zero-order valence-corrected chi connectivity index (χ0v) is 7.11. The standard InChI is InChI=1S/C6H13NO2.ClH/c1-3-9-6(8)5(2)4-7;/h5H,3-4,7H2,1-2H3;1H/t5-;/m0./s1. The molecule has 0 aliphatic heterocycles. The van der Waals surface area contributed by atoms with Gasteiger partial charge in [0.15, 0.2) is 0 Å². The zero-order chi connectivity index (χ0) is 7.28. The smallest absolute Gasteiger partial charge is 0.309 e. The summed E-state index contributed by atoms with van der Waals surface area (Å²) in [5.41, 5.74) is 5.20. The predicted octanol–water partition coefficient (Wildman–Crippen LogP) is 0.566. The molecule has 0 rings (SSSR count). The number of ether oxygens (including phenoxy) is 1. The molecule has 0 heterocycles. The van der Waals surface area contributed by atoms with Crippen molar-refractivity contribution < 1.29 is 9.53 Å². The lowest BCUT2D eigenvalue weighted by atomic mass is 10.2. The molecule has 0 radical (unpaired) electrons. The van der Waals surface area contributed by atoms with Crippen molar-refractivity contribution in [2.45, 2.75) is 13.8 Å². The fraction of sp³-hybridized carbons (Fsp3) is 0.833. The van der Waals surface area contributed by atoms with Crippen molar-refractivity contribution in [3.05, 3.63) is 0 Å². The van der Waals surface area contributed by atoms with Crippen molar-refractivity contribution in [3.8, 4) is 0 Å². The second-order valence-corrected chi connectivity index (χ2v) is 1.89. The van der Waals surface area contributed by atoms with Gasteiger partial charge in [-0.3, -0.25) is 4.79 Å². The predicted molar refractivity (Wildman–Crippen MR) is 42.1 cm³/mol. The van der Waals surface area contributed by atoms with Crippen LogP contribution < -0.4 is 5.73 Å². The Kier molecular flexibility index (Phi) is 8.48. The molecule has 0 amide bonds. The van der Waals surface area contributed by atoms with Gasteiger partial charge in [0.05, 0.1) is 12.5 Å². The van der Waals surface area contributed by atoms with Crippen LogP contribution in [0.3, 0.4) is 0 Å². The van der Waals surface area contributed by atoms with Gasteiger partial charge < -0.3 is 10.5 Å². The lowest BCUT2D eigenvalue weighted by Gasteiger charge is -2.05. The summed E-state index contributed by atoms with van der Waals surface area (Å²) in [6.07, 6.45) is 0. The molecule has 0 aromatic rings. The summed E-state index contributed by atoms with van der Waals surface area (Å²) in [5, 5.41) is 0. The van der Waals surface area contributed by atoms with Crippen LogP contribution in [-0.2, 0) is 9.53 Å². The molecule has 0 bridgehead atoms. The quantitative estimate of drug-likeness (QED) is 0.626. The van der Waals surface area contributed by atoms with E-state index >= 15 is 0 Å². The first-order valence-corrected chi connectivity index (χ1v) is 3.09. The van der Waals surface area contributed by atoms with E-state index in [0.717, 1.165) is 0 Å². The number of carbonyl (C=O) groups is 1. The Labute approximate surface area is 67.3 Å². The first kappa shape index (κ1) is 12.4. The molecule has 0 spiro atoms. The van der Waals surface area contributed by atoms with Crippen molar-refractivity contribution in [3.63, 3.8) is 0 Å². The highest BCUT2D eigenvalue weighted by atomic mass is 35.5. The molecule has 10 heavy (non-hydrogen) atoms. The minimum Gasteiger partial charge on any atom is -0.466 e. The number of carbonyl (C=O) groups excluding carboxylic acids is 1. The Morgan fingerprint density at radius 2 is 2.20 bits per heavy atom. The van der Waals surface area contributed by atoms with Crippen molar-refractivity contribution in [1.82, 2.24) is 0 Å². The molecule has 62 valence electrons. The van der Waals surface area contributed by atoms with E-state index in [2.05, 4.69) is 4.74 Å². The molecule has 0 aromatic carbocycles. The Morgan fingerprint density at radius 1 is 1.70 bits per heavy atom. The van der Waals surface area contributed by atoms with Gasteiger partial charge in [-0.15, -0.1) is 12.4 Å². The number of hydrogen-bond acceptors (Lipinski definition) is 3. The van der Waals surface area contributed by atoms with Crippen LogP contribution in [0.2, 0.25) is 0 Å². The Hall–Kier alpha value is -0.280. The maximum absolute atomic E-state index is 10.7. The van der Waals surface area contributed by atoms with E-state index in [4.69, 9.17) is 5.73 Å². The molecule has 1 atom stereocenters. The molecule has 0 saturated carbocycles. The molecule has 0 unspecified atom stereocenters. The summed E-state index contributed by atoms with van der Waals surface area (Å²) in [4.78, 5) is 10.7. The van der Waals surface area contributed by atoms with Gasteiger partial charge in [0, 0.05) is 6.54 Å². The molecular weight excluding hydrogens is 154 g/mol. The Morgan fingerprint density at radius 3 is 2.50 bits per heavy atom. The first-order chi connectivity index (χ1) is 4.22. The second-order valence-electron chi connectivity index (χ2n) is 1.89. The SMILES string of the molecule is CCOC(=O)[C@@H](C)CN.Cl. The molecule has 0 aliphatic carbocycles. The summed E-state index contributed by atoms with van der Waals surface area (Å²) in [7, 11) is 0. The fourth-order valence-corrected chi connectivity index (χ4v) is 0.381. The first-order valence-electron chi connectivity index (χ1n) is 3.09. The van der Waals surface area contributed by atoms with E-state index in [0.29, 0.717) is 13.2 Å². The number of hydrogen-bond donors (Lipinski definition) is 1. The Balaban J connectivity index is 0. The van der Waals surface area contributed by atoms with Crippen LogP contribution in [0, 0.1) is 5.92 Å².